The van der Waals surface area contributed by atoms with Gasteiger partial charge in [0.25, 0.3) is 5.91 Å². The fraction of sp³-hybridized carbons (Fsp3) is 0.519. The van der Waals surface area contributed by atoms with Crippen LogP contribution in [0.1, 0.15) is 53.6 Å². The summed E-state index contributed by atoms with van der Waals surface area (Å²) in [5, 5.41) is 0. The Hall–Kier alpha value is -3.34. The van der Waals surface area contributed by atoms with E-state index in [1.165, 1.54) is 27.6 Å². The molecule has 1 atom stereocenters. The van der Waals surface area contributed by atoms with E-state index < -0.39 is 16.1 Å². The SMILES string of the molecule is Cc1cc(C2CC2)cnc1N1CCN(C(=O)c2ccc(N3C[C@H](C)OC3=O)cc2N2CCCS2(=O)=O)CC1. The van der Waals surface area contributed by atoms with Crippen molar-refractivity contribution in [2.24, 2.45) is 0 Å². The average molecular weight is 540 g/mol. The number of nitrogens with zero attached hydrogens (tertiary/aromatic N) is 5. The van der Waals surface area contributed by atoms with Crippen molar-refractivity contribution in [3.63, 3.8) is 0 Å². The molecule has 11 heteroatoms. The lowest BCUT2D eigenvalue weighted by molar-refractivity contribution is 0.0747. The number of benzene rings is 1. The second kappa shape index (κ2) is 9.44. The van der Waals surface area contributed by atoms with Gasteiger partial charge in [-0.15, -0.1) is 0 Å². The van der Waals surface area contributed by atoms with Gasteiger partial charge >= 0.3 is 6.09 Å². The summed E-state index contributed by atoms with van der Waals surface area (Å²) >= 11 is 0. The molecule has 38 heavy (non-hydrogen) atoms. The Bertz CT molecular complexity index is 1380. The molecule has 2 amide bonds. The fourth-order valence-corrected chi connectivity index (χ4v) is 7.22. The lowest BCUT2D eigenvalue weighted by Gasteiger charge is -2.36. The number of ether oxygens (including phenoxy) is 1. The minimum Gasteiger partial charge on any atom is -0.444 e. The van der Waals surface area contributed by atoms with E-state index in [-0.39, 0.29) is 17.8 Å². The largest absolute Gasteiger partial charge is 0.444 e. The van der Waals surface area contributed by atoms with Crippen molar-refractivity contribution >= 4 is 39.2 Å². The molecular weight excluding hydrogens is 506 g/mol. The molecule has 2 aromatic rings. The molecule has 0 bridgehead atoms. The highest BCUT2D eigenvalue weighted by molar-refractivity contribution is 7.93. The Labute approximate surface area is 223 Å². The molecule has 0 N–H and O–H groups in total. The molecule has 0 spiro atoms. The quantitative estimate of drug-likeness (QED) is 0.575. The van der Waals surface area contributed by atoms with Gasteiger partial charge in [0.05, 0.1) is 23.5 Å². The molecule has 202 valence electrons. The van der Waals surface area contributed by atoms with E-state index in [0.717, 1.165) is 11.4 Å². The highest BCUT2D eigenvalue weighted by Gasteiger charge is 2.36. The van der Waals surface area contributed by atoms with E-state index in [4.69, 9.17) is 9.72 Å². The molecule has 0 radical (unpaired) electrons. The predicted octanol–water partition coefficient (Wildman–Crippen LogP) is 3.11. The number of carbonyl (C=O) groups is 2. The van der Waals surface area contributed by atoms with Crippen molar-refractivity contribution in [3.05, 3.63) is 47.2 Å². The summed E-state index contributed by atoms with van der Waals surface area (Å²) in [5.41, 5.74) is 3.64. The minimum atomic E-state index is -3.53. The first kappa shape index (κ1) is 25.0. The zero-order valence-electron chi connectivity index (χ0n) is 21.8. The molecule has 1 saturated carbocycles. The van der Waals surface area contributed by atoms with Crippen LogP contribution in [0.2, 0.25) is 0 Å². The first-order valence-electron chi connectivity index (χ1n) is 13.3. The van der Waals surface area contributed by atoms with Crippen LogP contribution >= 0.6 is 0 Å². The zero-order valence-corrected chi connectivity index (χ0v) is 22.6. The number of hydrogen-bond donors (Lipinski definition) is 0. The first-order valence-corrected chi connectivity index (χ1v) is 15.0. The topological polar surface area (TPSA) is 103 Å². The van der Waals surface area contributed by atoms with Crippen LogP contribution in [-0.2, 0) is 14.8 Å². The van der Waals surface area contributed by atoms with E-state index in [9.17, 15) is 18.0 Å². The van der Waals surface area contributed by atoms with Gasteiger partial charge in [0.15, 0.2) is 0 Å². The highest BCUT2D eigenvalue weighted by atomic mass is 32.2. The van der Waals surface area contributed by atoms with Crippen LogP contribution in [-0.4, -0.2) is 81.4 Å². The number of hydrogen-bond acceptors (Lipinski definition) is 7. The van der Waals surface area contributed by atoms with Crippen molar-refractivity contribution in [3.8, 4) is 0 Å². The van der Waals surface area contributed by atoms with Crippen LogP contribution in [0.15, 0.2) is 30.5 Å². The third kappa shape index (κ3) is 4.57. The summed E-state index contributed by atoms with van der Waals surface area (Å²) in [5.74, 6) is 1.45. The summed E-state index contributed by atoms with van der Waals surface area (Å²) in [6.45, 7) is 6.89. The van der Waals surface area contributed by atoms with Crippen LogP contribution < -0.4 is 14.1 Å². The molecule has 3 aliphatic heterocycles. The Kier molecular flexibility index (Phi) is 6.20. The third-order valence-electron chi connectivity index (χ3n) is 7.84. The Balaban J connectivity index is 1.23. The van der Waals surface area contributed by atoms with E-state index in [2.05, 4.69) is 17.9 Å². The summed E-state index contributed by atoms with van der Waals surface area (Å²) in [7, 11) is -3.53. The Morgan fingerprint density at radius 3 is 2.45 bits per heavy atom. The van der Waals surface area contributed by atoms with Crippen LogP contribution in [0.5, 0.6) is 0 Å². The molecule has 10 nitrogen and oxygen atoms in total. The number of aromatic nitrogens is 1. The van der Waals surface area contributed by atoms with Gasteiger partial charge in [-0.1, -0.05) is 6.07 Å². The number of amides is 2. The number of carbonyl (C=O) groups excluding carboxylic acids is 2. The number of cyclic esters (lactones) is 1. The summed E-state index contributed by atoms with van der Waals surface area (Å²) in [6.07, 6.45) is 4.22. The number of pyridine rings is 1. The van der Waals surface area contributed by atoms with Gasteiger partial charge in [0.1, 0.15) is 11.9 Å². The standard InChI is InChI=1S/C27H33N5O5S/c1-18-14-21(20-4-5-20)16-28-25(18)29-9-11-30(12-10-29)26(33)23-7-6-22(31-17-19(2)37-27(31)34)15-24(23)32-8-3-13-38(32,35)36/h6-7,14-16,19-20H,3-5,8-13,17H2,1-2H3/t19-/m0/s1. The van der Waals surface area contributed by atoms with Gasteiger partial charge in [-0.05, 0) is 68.4 Å². The van der Waals surface area contributed by atoms with Crippen molar-refractivity contribution in [2.45, 2.75) is 45.1 Å². The Morgan fingerprint density at radius 1 is 1.08 bits per heavy atom. The van der Waals surface area contributed by atoms with E-state index in [0.29, 0.717) is 68.5 Å². The average Bonchev–Trinajstić information content (AvgIpc) is 3.61. The summed E-state index contributed by atoms with van der Waals surface area (Å²) < 4.78 is 32.3. The second-order valence-electron chi connectivity index (χ2n) is 10.7. The molecule has 1 aliphatic carbocycles. The molecule has 3 saturated heterocycles. The monoisotopic (exact) mass is 539 g/mol. The normalized spacial score (nSPS) is 23.2. The predicted molar refractivity (Wildman–Crippen MR) is 145 cm³/mol. The highest BCUT2D eigenvalue weighted by Crippen LogP contribution is 2.41. The van der Waals surface area contributed by atoms with Crippen molar-refractivity contribution < 1.29 is 22.7 Å². The first-order chi connectivity index (χ1) is 18.2. The van der Waals surface area contributed by atoms with Gasteiger partial charge in [-0.2, -0.15) is 0 Å². The van der Waals surface area contributed by atoms with Gasteiger partial charge < -0.3 is 14.5 Å². The minimum absolute atomic E-state index is 0.0399. The van der Waals surface area contributed by atoms with Crippen LogP contribution in [0, 0.1) is 6.92 Å². The van der Waals surface area contributed by atoms with Crippen molar-refractivity contribution in [1.29, 1.82) is 0 Å². The molecule has 1 aromatic carbocycles. The van der Waals surface area contributed by atoms with Crippen molar-refractivity contribution in [2.75, 3.05) is 59.1 Å². The molecule has 0 unspecified atom stereocenters. The molecule has 1 aromatic heterocycles. The number of sulfonamides is 1. The number of piperazine rings is 1. The van der Waals surface area contributed by atoms with Crippen LogP contribution in [0.3, 0.4) is 0 Å². The lowest BCUT2D eigenvalue weighted by Crippen LogP contribution is -2.49. The maximum absolute atomic E-state index is 13.7. The summed E-state index contributed by atoms with van der Waals surface area (Å²) in [4.78, 5) is 36.3. The molecule has 4 heterocycles. The molecule has 6 rings (SSSR count). The van der Waals surface area contributed by atoms with Crippen molar-refractivity contribution in [1.82, 2.24) is 9.88 Å². The van der Waals surface area contributed by atoms with Crippen LogP contribution in [0.25, 0.3) is 0 Å². The molecule has 4 fully saturated rings. The zero-order chi connectivity index (χ0) is 26.6. The smallest absolute Gasteiger partial charge is 0.414 e. The van der Waals surface area contributed by atoms with Gasteiger partial charge in [-0.25, -0.2) is 18.2 Å². The van der Waals surface area contributed by atoms with Crippen LogP contribution in [0.4, 0.5) is 22.0 Å². The van der Waals surface area contributed by atoms with E-state index >= 15 is 0 Å². The maximum Gasteiger partial charge on any atom is 0.414 e. The lowest BCUT2D eigenvalue weighted by atomic mass is 10.1. The maximum atomic E-state index is 13.7. The number of rotatable bonds is 5. The molecule has 4 aliphatic rings. The van der Waals surface area contributed by atoms with E-state index in [1.807, 2.05) is 6.20 Å². The van der Waals surface area contributed by atoms with Gasteiger partial charge in [0.2, 0.25) is 10.0 Å². The molecular formula is C27H33N5O5S. The van der Waals surface area contributed by atoms with Gasteiger partial charge in [-0.3, -0.25) is 14.0 Å². The van der Waals surface area contributed by atoms with Gasteiger partial charge in [0, 0.05) is 44.6 Å². The Morgan fingerprint density at radius 2 is 1.84 bits per heavy atom. The fourth-order valence-electron chi connectivity index (χ4n) is 5.65. The number of anilines is 3. The van der Waals surface area contributed by atoms with E-state index in [1.54, 1.807) is 30.0 Å². The summed E-state index contributed by atoms with van der Waals surface area (Å²) in [6, 6.07) is 7.22. The third-order valence-corrected chi connectivity index (χ3v) is 9.70. The second-order valence-corrected chi connectivity index (χ2v) is 12.7. The number of aryl methyl sites for hydroxylation is 1.